The van der Waals surface area contributed by atoms with Gasteiger partial charge in [-0.15, -0.1) is 0 Å². The Balaban J connectivity index is 1.64. The maximum atomic E-state index is 11.8. The zero-order chi connectivity index (χ0) is 15.2. The summed E-state index contributed by atoms with van der Waals surface area (Å²) in [6.07, 6.45) is 4.57. The summed E-state index contributed by atoms with van der Waals surface area (Å²) >= 11 is 0. The zero-order valence-corrected chi connectivity index (χ0v) is 11.6. The van der Waals surface area contributed by atoms with E-state index in [1.54, 1.807) is 30.6 Å². The monoisotopic (exact) mass is 291 g/mol. The van der Waals surface area contributed by atoms with Crippen molar-refractivity contribution in [2.45, 2.75) is 0 Å². The van der Waals surface area contributed by atoms with Gasteiger partial charge in [0.2, 0.25) is 0 Å². The van der Waals surface area contributed by atoms with Crippen molar-refractivity contribution < 1.29 is 9.21 Å². The molecular weight excluding hydrogens is 278 g/mol. The lowest BCUT2D eigenvalue weighted by Gasteiger charge is -1.97. The van der Waals surface area contributed by atoms with Crippen LogP contribution in [-0.2, 0) is 0 Å². The number of aromatic nitrogens is 1. The van der Waals surface area contributed by atoms with Gasteiger partial charge in [-0.25, -0.2) is 5.43 Å². The SMILES string of the molecule is O=C(N/N=C\c1ccc(-c2ccccc2)o1)c1ccncc1. The first-order valence-corrected chi connectivity index (χ1v) is 6.71. The first kappa shape index (κ1) is 13.8. The van der Waals surface area contributed by atoms with Crippen LogP contribution in [0.2, 0.25) is 0 Å². The molecule has 1 N–H and O–H groups in total. The largest absolute Gasteiger partial charge is 0.455 e. The minimum absolute atomic E-state index is 0.298. The molecule has 5 nitrogen and oxygen atoms in total. The van der Waals surface area contributed by atoms with Gasteiger partial charge in [0.1, 0.15) is 11.5 Å². The van der Waals surface area contributed by atoms with Gasteiger partial charge in [0.25, 0.3) is 5.91 Å². The number of hydrogen-bond acceptors (Lipinski definition) is 4. The molecule has 108 valence electrons. The van der Waals surface area contributed by atoms with E-state index in [0.29, 0.717) is 11.3 Å². The Morgan fingerprint density at radius 3 is 2.59 bits per heavy atom. The van der Waals surface area contributed by atoms with Gasteiger partial charge in [0, 0.05) is 23.5 Å². The van der Waals surface area contributed by atoms with Gasteiger partial charge in [0.15, 0.2) is 0 Å². The lowest BCUT2D eigenvalue weighted by Crippen LogP contribution is -2.17. The Hall–Kier alpha value is -3.21. The number of nitrogens with one attached hydrogen (secondary N) is 1. The lowest BCUT2D eigenvalue weighted by atomic mass is 10.2. The van der Waals surface area contributed by atoms with E-state index in [1.165, 1.54) is 6.21 Å². The summed E-state index contributed by atoms with van der Waals surface area (Å²) in [7, 11) is 0. The molecule has 0 atom stereocenters. The van der Waals surface area contributed by atoms with Gasteiger partial charge < -0.3 is 4.42 Å². The molecule has 0 aliphatic heterocycles. The van der Waals surface area contributed by atoms with Gasteiger partial charge in [-0.2, -0.15) is 5.10 Å². The number of hydrazone groups is 1. The van der Waals surface area contributed by atoms with Crippen molar-refractivity contribution in [1.29, 1.82) is 0 Å². The van der Waals surface area contributed by atoms with Crippen molar-refractivity contribution in [3.63, 3.8) is 0 Å². The molecule has 0 unspecified atom stereocenters. The highest BCUT2D eigenvalue weighted by atomic mass is 16.3. The van der Waals surface area contributed by atoms with Crippen molar-refractivity contribution in [2.75, 3.05) is 0 Å². The maximum absolute atomic E-state index is 11.8. The van der Waals surface area contributed by atoms with Crippen LogP contribution in [0.3, 0.4) is 0 Å². The Morgan fingerprint density at radius 1 is 1.05 bits per heavy atom. The molecule has 0 aliphatic carbocycles. The maximum Gasteiger partial charge on any atom is 0.271 e. The van der Waals surface area contributed by atoms with Crippen molar-refractivity contribution in [2.24, 2.45) is 5.10 Å². The summed E-state index contributed by atoms with van der Waals surface area (Å²) in [5.74, 6) is 1.02. The number of carbonyl (C=O) groups is 1. The van der Waals surface area contributed by atoms with E-state index in [9.17, 15) is 4.79 Å². The summed E-state index contributed by atoms with van der Waals surface area (Å²) in [5, 5.41) is 3.89. The number of pyridine rings is 1. The molecule has 0 aliphatic rings. The molecule has 3 aromatic rings. The summed E-state index contributed by atoms with van der Waals surface area (Å²) in [6, 6.07) is 16.7. The minimum Gasteiger partial charge on any atom is -0.455 e. The summed E-state index contributed by atoms with van der Waals surface area (Å²) in [4.78, 5) is 15.6. The number of nitrogens with zero attached hydrogens (tertiary/aromatic N) is 2. The van der Waals surface area contributed by atoms with Crippen molar-refractivity contribution >= 4 is 12.1 Å². The van der Waals surface area contributed by atoms with Crippen LogP contribution in [0.25, 0.3) is 11.3 Å². The van der Waals surface area contributed by atoms with E-state index in [1.807, 2.05) is 36.4 Å². The van der Waals surface area contributed by atoms with E-state index in [4.69, 9.17) is 4.42 Å². The standard InChI is InChI=1S/C17H13N3O2/c21-17(14-8-10-18-11-9-14)20-19-12-15-6-7-16(22-15)13-4-2-1-3-5-13/h1-12H,(H,20,21)/b19-12-. The number of furan rings is 1. The average molecular weight is 291 g/mol. The van der Waals surface area contributed by atoms with Crippen LogP contribution >= 0.6 is 0 Å². The smallest absolute Gasteiger partial charge is 0.271 e. The minimum atomic E-state index is -0.298. The second-order valence-electron chi connectivity index (χ2n) is 4.50. The molecule has 0 fully saturated rings. The fourth-order valence-electron chi connectivity index (χ4n) is 1.90. The third kappa shape index (κ3) is 3.27. The molecule has 1 amide bonds. The topological polar surface area (TPSA) is 67.5 Å². The van der Waals surface area contributed by atoms with Gasteiger partial charge in [-0.3, -0.25) is 9.78 Å². The molecular formula is C17H13N3O2. The quantitative estimate of drug-likeness (QED) is 0.593. The van der Waals surface area contributed by atoms with Crippen LogP contribution in [0.5, 0.6) is 0 Å². The average Bonchev–Trinajstić information content (AvgIpc) is 3.05. The van der Waals surface area contributed by atoms with E-state index >= 15 is 0 Å². The molecule has 1 aromatic carbocycles. The highest BCUT2D eigenvalue weighted by Crippen LogP contribution is 2.20. The Bertz CT molecular complexity index is 780. The number of carbonyl (C=O) groups excluding carboxylic acids is 1. The third-order valence-electron chi connectivity index (χ3n) is 2.99. The normalized spacial score (nSPS) is 10.7. The first-order valence-electron chi connectivity index (χ1n) is 6.71. The summed E-state index contributed by atoms with van der Waals surface area (Å²) in [6.45, 7) is 0. The van der Waals surface area contributed by atoms with Crippen molar-refractivity contribution in [3.05, 3.63) is 78.3 Å². The first-order chi connectivity index (χ1) is 10.8. The zero-order valence-electron chi connectivity index (χ0n) is 11.6. The van der Waals surface area contributed by atoms with Crippen LogP contribution in [0.4, 0.5) is 0 Å². The molecule has 3 rings (SSSR count). The molecule has 0 saturated carbocycles. The van der Waals surface area contributed by atoms with Gasteiger partial charge in [0.05, 0.1) is 6.21 Å². The van der Waals surface area contributed by atoms with Gasteiger partial charge in [-0.1, -0.05) is 30.3 Å². The van der Waals surface area contributed by atoms with Crippen molar-refractivity contribution in [1.82, 2.24) is 10.4 Å². The second kappa shape index (κ2) is 6.49. The van der Waals surface area contributed by atoms with Gasteiger partial charge >= 0.3 is 0 Å². The molecule has 2 aromatic heterocycles. The second-order valence-corrected chi connectivity index (χ2v) is 4.50. The van der Waals surface area contributed by atoms with Crippen molar-refractivity contribution in [3.8, 4) is 11.3 Å². The van der Waals surface area contributed by atoms with Crippen LogP contribution in [0.15, 0.2) is 76.5 Å². The fourth-order valence-corrected chi connectivity index (χ4v) is 1.90. The highest BCUT2D eigenvalue weighted by Gasteiger charge is 2.04. The Labute approximate surface area is 127 Å². The van der Waals surface area contributed by atoms with E-state index in [0.717, 1.165) is 11.3 Å². The fraction of sp³-hybridized carbons (Fsp3) is 0. The van der Waals surface area contributed by atoms with Crippen LogP contribution in [0.1, 0.15) is 16.1 Å². The molecule has 0 radical (unpaired) electrons. The van der Waals surface area contributed by atoms with Gasteiger partial charge in [-0.05, 0) is 24.3 Å². The Kier molecular flexibility index (Phi) is 4.06. The summed E-state index contributed by atoms with van der Waals surface area (Å²) < 4.78 is 5.65. The van der Waals surface area contributed by atoms with Crippen LogP contribution in [-0.4, -0.2) is 17.1 Å². The number of benzene rings is 1. The highest BCUT2D eigenvalue weighted by molar-refractivity contribution is 5.94. The van der Waals surface area contributed by atoms with Crippen LogP contribution in [0, 0.1) is 0 Å². The predicted molar refractivity (Wildman–Crippen MR) is 83.4 cm³/mol. The number of rotatable bonds is 4. The lowest BCUT2D eigenvalue weighted by molar-refractivity contribution is 0.0955. The molecule has 2 heterocycles. The number of amides is 1. The predicted octanol–water partition coefficient (Wildman–Crippen LogP) is 3.11. The summed E-state index contributed by atoms with van der Waals surface area (Å²) in [5.41, 5.74) is 3.92. The molecule has 0 spiro atoms. The van der Waals surface area contributed by atoms with E-state index < -0.39 is 0 Å². The van der Waals surface area contributed by atoms with E-state index in [2.05, 4.69) is 15.5 Å². The molecule has 22 heavy (non-hydrogen) atoms. The third-order valence-corrected chi connectivity index (χ3v) is 2.99. The van der Waals surface area contributed by atoms with E-state index in [-0.39, 0.29) is 5.91 Å². The molecule has 0 saturated heterocycles. The molecule has 5 heteroatoms. The van der Waals surface area contributed by atoms with Crippen LogP contribution < -0.4 is 5.43 Å². The molecule has 0 bridgehead atoms. The Morgan fingerprint density at radius 2 is 1.82 bits per heavy atom. The number of hydrogen-bond donors (Lipinski definition) is 1.